The molecule has 1 aliphatic rings. The fourth-order valence-corrected chi connectivity index (χ4v) is 4.06. The summed E-state index contributed by atoms with van der Waals surface area (Å²) in [6.07, 6.45) is -0.218. The minimum Gasteiger partial charge on any atom is -0.451 e. The minimum absolute atomic E-state index is 0.0631. The molecule has 1 aliphatic carbocycles. The molecule has 0 saturated heterocycles. The van der Waals surface area contributed by atoms with E-state index in [4.69, 9.17) is 22.1 Å². The number of nitrogens with one attached hydrogen (secondary N) is 1. The van der Waals surface area contributed by atoms with Crippen molar-refractivity contribution in [1.82, 2.24) is 19.7 Å². The Kier molecular flexibility index (Phi) is 6.39. The predicted octanol–water partition coefficient (Wildman–Crippen LogP) is 6.12. The number of aromatic nitrogens is 4. The second-order valence-electron chi connectivity index (χ2n) is 8.33. The molecule has 4 aromatic rings. The molecule has 0 unspecified atom stereocenters. The second kappa shape index (κ2) is 9.56. The number of ether oxygens (including phenoxy) is 1. The van der Waals surface area contributed by atoms with Crippen LogP contribution in [0.5, 0.6) is 11.5 Å². The molecule has 0 spiro atoms. The first-order valence-electron chi connectivity index (χ1n) is 11.0. The summed E-state index contributed by atoms with van der Waals surface area (Å²) in [7, 11) is 0. The average Bonchev–Trinajstić information content (AvgIpc) is 3.57. The SMILES string of the molecule is Nc1nccc(Oc2c(F)cc(NC(=O)c3cnn(-c4ncccc4Cl)c3C(F)(F)F)cc2F)c1C1CC1. The normalized spacial score (nSPS) is 13.4. The van der Waals surface area contributed by atoms with Crippen LogP contribution < -0.4 is 15.8 Å². The van der Waals surface area contributed by atoms with E-state index in [9.17, 15) is 26.7 Å². The highest BCUT2D eigenvalue weighted by molar-refractivity contribution is 6.32. The van der Waals surface area contributed by atoms with Gasteiger partial charge in [0.1, 0.15) is 11.6 Å². The summed E-state index contributed by atoms with van der Waals surface area (Å²) in [5, 5.41) is 5.53. The number of carbonyl (C=O) groups is 1. The van der Waals surface area contributed by atoms with Crippen LogP contribution in [0, 0.1) is 11.6 Å². The van der Waals surface area contributed by atoms with Gasteiger partial charge in [0.15, 0.2) is 28.9 Å². The maximum atomic E-state index is 14.9. The van der Waals surface area contributed by atoms with Gasteiger partial charge >= 0.3 is 6.18 Å². The number of carbonyl (C=O) groups excluding carboxylic acids is 1. The van der Waals surface area contributed by atoms with Gasteiger partial charge in [-0.1, -0.05) is 11.6 Å². The number of amides is 1. The molecule has 3 N–H and O–H groups in total. The number of nitrogen functional groups attached to an aromatic ring is 1. The van der Waals surface area contributed by atoms with Crippen molar-refractivity contribution in [2.75, 3.05) is 11.1 Å². The van der Waals surface area contributed by atoms with Gasteiger partial charge in [0.05, 0.1) is 16.8 Å². The van der Waals surface area contributed by atoms with Gasteiger partial charge in [0, 0.05) is 35.8 Å². The van der Waals surface area contributed by atoms with Crippen molar-refractivity contribution in [2.45, 2.75) is 24.9 Å². The van der Waals surface area contributed by atoms with E-state index < -0.39 is 46.4 Å². The van der Waals surface area contributed by atoms with Crippen LogP contribution in [0.15, 0.2) is 48.9 Å². The number of hydrogen-bond donors (Lipinski definition) is 2. The summed E-state index contributed by atoms with van der Waals surface area (Å²) in [5.74, 6) is -4.48. The molecule has 0 aliphatic heterocycles. The Morgan fingerprint density at radius 2 is 1.84 bits per heavy atom. The van der Waals surface area contributed by atoms with Crippen molar-refractivity contribution < 1.29 is 31.5 Å². The second-order valence-corrected chi connectivity index (χ2v) is 8.74. The number of nitrogens with zero attached hydrogens (tertiary/aromatic N) is 4. The quantitative estimate of drug-likeness (QED) is 0.280. The Morgan fingerprint density at radius 3 is 2.47 bits per heavy atom. The molecule has 3 heterocycles. The molecule has 0 bridgehead atoms. The standard InChI is InChI=1S/C24H16ClF5N6O2/c25-14-2-1-6-33-22(14)36-20(24(28,29)30)13(10-34-36)23(37)35-12-8-15(26)19(16(27)9-12)38-17-5-7-32-21(31)18(17)11-3-4-11/h1-2,5-11H,3-4H2,(H2,31,32)(H,35,37). The van der Waals surface area contributed by atoms with E-state index in [1.807, 2.05) is 0 Å². The van der Waals surface area contributed by atoms with Crippen molar-refractivity contribution in [3.63, 3.8) is 0 Å². The Labute approximate surface area is 216 Å². The summed E-state index contributed by atoms with van der Waals surface area (Å²) < 4.78 is 77.3. The number of halogens is 6. The molecule has 14 heteroatoms. The van der Waals surface area contributed by atoms with E-state index in [0.717, 1.165) is 12.8 Å². The van der Waals surface area contributed by atoms with Gasteiger partial charge in [-0.05, 0) is 37.0 Å². The van der Waals surface area contributed by atoms with E-state index in [1.54, 1.807) is 0 Å². The van der Waals surface area contributed by atoms with Crippen LogP contribution in [0.3, 0.4) is 0 Å². The third-order valence-corrected chi connectivity index (χ3v) is 5.95. The Bertz CT molecular complexity index is 1530. The number of nitrogens with two attached hydrogens (primary N) is 1. The number of pyridine rings is 2. The summed E-state index contributed by atoms with van der Waals surface area (Å²) >= 11 is 5.95. The van der Waals surface area contributed by atoms with E-state index in [0.29, 0.717) is 28.6 Å². The first-order valence-corrected chi connectivity index (χ1v) is 11.4. The molecule has 38 heavy (non-hydrogen) atoms. The number of anilines is 2. The largest absolute Gasteiger partial charge is 0.451 e. The topological polar surface area (TPSA) is 108 Å². The van der Waals surface area contributed by atoms with Crippen LogP contribution in [-0.2, 0) is 6.18 Å². The van der Waals surface area contributed by atoms with Crippen LogP contribution in [0.25, 0.3) is 5.82 Å². The molecule has 3 aromatic heterocycles. The Balaban J connectivity index is 1.44. The predicted molar refractivity (Wildman–Crippen MR) is 126 cm³/mol. The van der Waals surface area contributed by atoms with Crippen molar-refractivity contribution >= 4 is 29.0 Å². The summed E-state index contributed by atoms with van der Waals surface area (Å²) in [6.45, 7) is 0. The summed E-state index contributed by atoms with van der Waals surface area (Å²) in [5.41, 5.74) is 3.59. The maximum absolute atomic E-state index is 14.9. The highest BCUT2D eigenvalue weighted by atomic mass is 35.5. The Hall–Kier alpha value is -4.26. The van der Waals surface area contributed by atoms with E-state index in [-0.39, 0.29) is 28.3 Å². The molecule has 1 fully saturated rings. The van der Waals surface area contributed by atoms with Crippen LogP contribution in [0.4, 0.5) is 33.5 Å². The van der Waals surface area contributed by atoms with Crippen molar-refractivity contribution in [3.8, 4) is 17.3 Å². The van der Waals surface area contributed by atoms with E-state index >= 15 is 0 Å². The van der Waals surface area contributed by atoms with Gasteiger partial charge in [-0.25, -0.2) is 23.4 Å². The van der Waals surface area contributed by atoms with Crippen LogP contribution in [-0.4, -0.2) is 25.7 Å². The lowest BCUT2D eigenvalue weighted by molar-refractivity contribution is -0.143. The monoisotopic (exact) mass is 550 g/mol. The molecule has 5 rings (SSSR count). The van der Waals surface area contributed by atoms with Crippen LogP contribution in [0.1, 0.15) is 40.4 Å². The first kappa shape index (κ1) is 25.4. The first-order chi connectivity index (χ1) is 18.0. The Morgan fingerprint density at radius 1 is 1.13 bits per heavy atom. The average molecular weight is 551 g/mol. The molecule has 0 atom stereocenters. The van der Waals surface area contributed by atoms with Gasteiger partial charge in [-0.3, -0.25) is 4.79 Å². The minimum atomic E-state index is -5.05. The molecular formula is C24H16ClF5N6O2. The zero-order valence-electron chi connectivity index (χ0n) is 19.1. The summed E-state index contributed by atoms with van der Waals surface area (Å²) in [6, 6.07) is 5.55. The third-order valence-electron chi connectivity index (χ3n) is 5.66. The van der Waals surface area contributed by atoms with Crippen LogP contribution >= 0.6 is 11.6 Å². The zero-order valence-corrected chi connectivity index (χ0v) is 19.8. The van der Waals surface area contributed by atoms with Crippen molar-refractivity contribution in [3.05, 3.63) is 82.4 Å². The lowest BCUT2D eigenvalue weighted by atomic mass is 10.1. The lowest BCUT2D eigenvalue weighted by Gasteiger charge is -2.15. The maximum Gasteiger partial charge on any atom is 0.434 e. The molecule has 1 saturated carbocycles. The molecule has 1 amide bonds. The zero-order chi connectivity index (χ0) is 27.2. The highest BCUT2D eigenvalue weighted by Crippen LogP contribution is 2.47. The summed E-state index contributed by atoms with van der Waals surface area (Å²) in [4.78, 5) is 20.5. The van der Waals surface area contributed by atoms with Gasteiger partial charge in [0.2, 0.25) is 0 Å². The van der Waals surface area contributed by atoms with E-state index in [2.05, 4.69) is 20.4 Å². The molecule has 1 aromatic carbocycles. The number of hydrogen-bond acceptors (Lipinski definition) is 6. The highest BCUT2D eigenvalue weighted by Gasteiger charge is 2.41. The van der Waals surface area contributed by atoms with E-state index in [1.165, 1.54) is 30.6 Å². The lowest BCUT2D eigenvalue weighted by Crippen LogP contribution is -2.21. The number of benzene rings is 1. The van der Waals surface area contributed by atoms with Gasteiger partial charge in [-0.2, -0.15) is 18.3 Å². The van der Waals surface area contributed by atoms with Crippen molar-refractivity contribution in [1.29, 1.82) is 0 Å². The molecule has 8 nitrogen and oxygen atoms in total. The van der Waals surface area contributed by atoms with Crippen LogP contribution in [0.2, 0.25) is 5.02 Å². The molecule has 0 radical (unpaired) electrons. The van der Waals surface area contributed by atoms with Crippen molar-refractivity contribution in [2.24, 2.45) is 0 Å². The number of alkyl halides is 3. The fourth-order valence-electron chi connectivity index (χ4n) is 3.86. The molecule has 196 valence electrons. The van der Waals surface area contributed by atoms with Gasteiger partial charge in [-0.15, -0.1) is 0 Å². The van der Waals surface area contributed by atoms with Gasteiger partial charge < -0.3 is 15.8 Å². The molecular weight excluding hydrogens is 535 g/mol. The fraction of sp³-hybridized carbons (Fsp3) is 0.167. The smallest absolute Gasteiger partial charge is 0.434 e. The number of rotatable bonds is 6. The van der Waals surface area contributed by atoms with Gasteiger partial charge in [0.25, 0.3) is 5.91 Å². The third kappa shape index (κ3) is 4.84.